The number of carbonyl (C=O) groups excluding carboxylic acids is 1. The lowest BCUT2D eigenvalue weighted by molar-refractivity contribution is 0.0756. The molecule has 1 unspecified atom stereocenters. The smallest absolute Gasteiger partial charge is 0.254 e. The molecule has 2 aromatic carbocycles. The van der Waals surface area contributed by atoms with Gasteiger partial charge in [-0.15, -0.1) is 0 Å². The van der Waals surface area contributed by atoms with Gasteiger partial charge in [-0.05, 0) is 78.2 Å². The second kappa shape index (κ2) is 13.9. The largest absolute Gasteiger partial charge is 0.490 e. The third-order valence-corrected chi connectivity index (χ3v) is 6.50. The number of ether oxygens (including phenoxy) is 3. The van der Waals surface area contributed by atoms with Gasteiger partial charge in [-0.25, -0.2) is 0 Å². The maximum atomic E-state index is 13.9. The van der Waals surface area contributed by atoms with Gasteiger partial charge in [0.05, 0.1) is 19.8 Å². The van der Waals surface area contributed by atoms with Crippen molar-refractivity contribution in [2.45, 2.75) is 53.0 Å². The molecule has 6 nitrogen and oxygen atoms in total. The first-order valence-corrected chi connectivity index (χ1v) is 13.2. The first-order chi connectivity index (χ1) is 17.5. The summed E-state index contributed by atoms with van der Waals surface area (Å²) >= 11 is 0. The predicted octanol–water partition coefficient (Wildman–Crippen LogP) is 5.91. The minimum absolute atomic E-state index is 0.0265. The molecule has 0 spiro atoms. The number of carbonyl (C=O) groups is 1. The molecular weight excluding hydrogens is 452 g/mol. The first-order valence-electron chi connectivity index (χ1n) is 13.2. The van der Waals surface area contributed by atoms with Crippen LogP contribution >= 0.6 is 0 Å². The van der Waals surface area contributed by atoms with E-state index in [0.717, 1.165) is 24.1 Å². The molecule has 1 saturated heterocycles. The molecule has 6 heteroatoms. The molecule has 1 fully saturated rings. The molecule has 2 aromatic rings. The van der Waals surface area contributed by atoms with Crippen LogP contribution in [0.3, 0.4) is 0 Å². The van der Waals surface area contributed by atoms with Gasteiger partial charge in [0, 0.05) is 24.7 Å². The Kier molecular flexibility index (Phi) is 10.7. The molecule has 0 aliphatic carbocycles. The fraction of sp³-hybridized carbons (Fsp3) is 0.500. The number of hydrogen-bond donors (Lipinski definition) is 0. The zero-order chi connectivity index (χ0) is 25.9. The molecule has 36 heavy (non-hydrogen) atoms. The fourth-order valence-corrected chi connectivity index (χ4v) is 4.78. The average Bonchev–Trinajstić information content (AvgIpc) is 3.28. The summed E-state index contributed by atoms with van der Waals surface area (Å²) in [6.45, 7) is 11.7. The van der Waals surface area contributed by atoms with Crippen molar-refractivity contribution >= 4 is 12.0 Å². The summed E-state index contributed by atoms with van der Waals surface area (Å²) in [5.41, 5.74) is 2.82. The van der Waals surface area contributed by atoms with E-state index in [1.165, 1.54) is 12.8 Å². The van der Waals surface area contributed by atoms with Gasteiger partial charge < -0.3 is 24.0 Å². The SMILES string of the molecule is CCOc1cc(C(=O)N(CCC2CCCN2C)CC(C)=Cc2ccccc2)cc(OCC)c1OCC. The van der Waals surface area contributed by atoms with Crippen LogP contribution in [0.5, 0.6) is 17.2 Å². The van der Waals surface area contributed by atoms with Gasteiger partial charge in [-0.3, -0.25) is 4.79 Å². The van der Waals surface area contributed by atoms with E-state index in [4.69, 9.17) is 14.2 Å². The van der Waals surface area contributed by atoms with Crippen molar-refractivity contribution in [3.63, 3.8) is 0 Å². The van der Waals surface area contributed by atoms with Gasteiger partial charge in [0.15, 0.2) is 11.5 Å². The average molecular weight is 495 g/mol. The monoisotopic (exact) mass is 494 g/mol. The Morgan fingerprint density at radius 3 is 2.22 bits per heavy atom. The minimum Gasteiger partial charge on any atom is -0.490 e. The molecular formula is C30H42N2O4. The summed E-state index contributed by atoms with van der Waals surface area (Å²) in [4.78, 5) is 18.3. The van der Waals surface area contributed by atoms with Crippen molar-refractivity contribution < 1.29 is 19.0 Å². The zero-order valence-electron chi connectivity index (χ0n) is 22.6. The van der Waals surface area contributed by atoms with Crippen LogP contribution in [-0.2, 0) is 0 Å². The van der Waals surface area contributed by atoms with Crippen LogP contribution in [0.2, 0.25) is 0 Å². The summed E-state index contributed by atoms with van der Waals surface area (Å²) in [6.07, 6.45) is 5.51. The first kappa shape index (κ1) is 27.6. The molecule has 3 rings (SSSR count). The van der Waals surface area contributed by atoms with E-state index in [2.05, 4.69) is 37.1 Å². The maximum absolute atomic E-state index is 13.9. The van der Waals surface area contributed by atoms with Gasteiger partial charge in [-0.2, -0.15) is 0 Å². The van der Waals surface area contributed by atoms with E-state index in [0.29, 0.717) is 61.8 Å². The Labute approximate surface area is 216 Å². The van der Waals surface area contributed by atoms with E-state index in [9.17, 15) is 4.79 Å². The summed E-state index contributed by atoms with van der Waals surface area (Å²) < 4.78 is 17.6. The van der Waals surface area contributed by atoms with Gasteiger partial charge in [0.25, 0.3) is 5.91 Å². The van der Waals surface area contributed by atoms with Gasteiger partial charge in [0.1, 0.15) is 0 Å². The van der Waals surface area contributed by atoms with E-state index in [1.54, 1.807) is 12.1 Å². The van der Waals surface area contributed by atoms with Gasteiger partial charge in [-0.1, -0.05) is 42.0 Å². The topological polar surface area (TPSA) is 51.2 Å². The van der Waals surface area contributed by atoms with Crippen molar-refractivity contribution in [3.05, 3.63) is 59.2 Å². The van der Waals surface area contributed by atoms with Crippen LogP contribution in [0.25, 0.3) is 6.08 Å². The normalized spacial score (nSPS) is 16.1. The second-order valence-corrected chi connectivity index (χ2v) is 9.29. The Morgan fingerprint density at radius 1 is 1.03 bits per heavy atom. The Bertz CT molecular complexity index is 978. The molecule has 1 aliphatic heterocycles. The number of nitrogens with zero attached hydrogens (tertiary/aromatic N) is 2. The Balaban J connectivity index is 1.91. The van der Waals surface area contributed by atoms with E-state index >= 15 is 0 Å². The van der Waals surface area contributed by atoms with Gasteiger partial charge >= 0.3 is 0 Å². The minimum atomic E-state index is -0.0265. The van der Waals surface area contributed by atoms with Crippen LogP contribution in [0, 0.1) is 0 Å². The molecule has 0 radical (unpaired) electrons. The number of benzene rings is 2. The van der Waals surface area contributed by atoms with Crippen molar-refractivity contribution in [1.29, 1.82) is 0 Å². The van der Waals surface area contributed by atoms with Crippen LogP contribution in [0.1, 0.15) is 62.9 Å². The molecule has 0 aromatic heterocycles. The molecule has 0 saturated carbocycles. The summed E-state index contributed by atoms with van der Waals surface area (Å²) in [7, 11) is 2.18. The molecule has 196 valence electrons. The van der Waals surface area contributed by atoms with E-state index in [-0.39, 0.29) is 5.91 Å². The van der Waals surface area contributed by atoms with Crippen LogP contribution in [0.15, 0.2) is 48.0 Å². The van der Waals surface area contributed by atoms with Crippen molar-refractivity contribution in [3.8, 4) is 17.2 Å². The highest BCUT2D eigenvalue weighted by molar-refractivity contribution is 5.96. The van der Waals surface area contributed by atoms with Crippen LogP contribution in [-0.4, -0.2) is 68.3 Å². The third-order valence-electron chi connectivity index (χ3n) is 6.50. The standard InChI is InChI=1S/C30H42N2O4/c1-6-34-27-20-25(21-28(35-7-2)29(27)36-8-3)30(33)32(18-16-26-15-12-17-31(26)5)22-23(4)19-24-13-10-9-11-14-24/h9-11,13-14,19-21,26H,6-8,12,15-18,22H2,1-5H3. The van der Waals surface area contributed by atoms with E-state index in [1.807, 2.05) is 43.9 Å². The number of rotatable bonds is 13. The Morgan fingerprint density at radius 2 is 1.67 bits per heavy atom. The lowest BCUT2D eigenvalue weighted by Gasteiger charge is -2.27. The number of amides is 1. The highest BCUT2D eigenvalue weighted by atomic mass is 16.5. The number of hydrogen-bond acceptors (Lipinski definition) is 5. The summed E-state index contributed by atoms with van der Waals surface area (Å²) in [5.74, 6) is 1.61. The van der Waals surface area contributed by atoms with Crippen molar-refractivity contribution in [2.75, 3.05) is 46.5 Å². The number of likely N-dealkylation sites (tertiary alicyclic amines) is 1. The molecule has 0 bridgehead atoms. The lowest BCUT2D eigenvalue weighted by Crippen LogP contribution is -2.37. The van der Waals surface area contributed by atoms with Crippen molar-refractivity contribution in [2.24, 2.45) is 0 Å². The predicted molar refractivity (Wildman–Crippen MR) is 146 cm³/mol. The highest BCUT2D eigenvalue weighted by Gasteiger charge is 2.25. The molecule has 1 aliphatic rings. The fourth-order valence-electron chi connectivity index (χ4n) is 4.78. The zero-order valence-corrected chi connectivity index (χ0v) is 22.6. The van der Waals surface area contributed by atoms with E-state index < -0.39 is 0 Å². The third kappa shape index (κ3) is 7.50. The molecule has 1 amide bonds. The Hall–Kier alpha value is -2.99. The van der Waals surface area contributed by atoms with Crippen molar-refractivity contribution in [1.82, 2.24) is 9.80 Å². The van der Waals surface area contributed by atoms with Gasteiger partial charge in [0.2, 0.25) is 5.75 Å². The highest BCUT2D eigenvalue weighted by Crippen LogP contribution is 2.39. The maximum Gasteiger partial charge on any atom is 0.254 e. The molecule has 0 N–H and O–H groups in total. The van der Waals surface area contributed by atoms with Crippen LogP contribution in [0.4, 0.5) is 0 Å². The second-order valence-electron chi connectivity index (χ2n) is 9.29. The lowest BCUT2D eigenvalue weighted by atomic mass is 10.1. The summed E-state index contributed by atoms with van der Waals surface area (Å²) in [6, 6.07) is 14.3. The van der Waals surface area contributed by atoms with Crippen LogP contribution < -0.4 is 14.2 Å². The summed E-state index contributed by atoms with van der Waals surface area (Å²) in [5, 5.41) is 0. The molecule has 1 atom stereocenters. The molecule has 1 heterocycles. The quantitative estimate of drug-likeness (QED) is 0.346.